The summed E-state index contributed by atoms with van der Waals surface area (Å²) in [4.78, 5) is 27.6. The van der Waals surface area contributed by atoms with E-state index in [1.54, 1.807) is 11.9 Å². The maximum absolute atomic E-state index is 12.2. The number of piperazine rings is 1. The van der Waals surface area contributed by atoms with Crippen LogP contribution in [-0.4, -0.2) is 61.4 Å². The van der Waals surface area contributed by atoms with Gasteiger partial charge in [-0.3, -0.25) is 9.59 Å². The number of amides is 2. The van der Waals surface area contributed by atoms with Crippen molar-refractivity contribution in [1.29, 1.82) is 0 Å². The Kier molecular flexibility index (Phi) is 7.37. The molecule has 19 heavy (non-hydrogen) atoms. The van der Waals surface area contributed by atoms with Crippen molar-refractivity contribution in [3.8, 4) is 0 Å². The van der Waals surface area contributed by atoms with Gasteiger partial charge < -0.3 is 15.1 Å². The maximum atomic E-state index is 12.2. The van der Waals surface area contributed by atoms with Crippen LogP contribution < -0.4 is 5.32 Å². The van der Waals surface area contributed by atoms with Crippen LogP contribution in [0.25, 0.3) is 0 Å². The summed E-state index contributed by atoms with van der Waals surface area (Å²) in [5, 5.41) is 3.20. The molecule has 0 spiro atoms. The molecule has 112 valence electrons. The van der Waals surface area contributed by atoms with Crippen LogP contribution in [-0.2, 0) is 9.59 Å². The minimum absolute atomic E-state index is 0. The fourth-order valence-corrected chi connectivity index (χ4v) is 1.96. The van der Waals surface area contributed by atoms with Gasteiger partial charge in [-0.25, -0.2) is 0 Å². The molecule has 0 atom stereocenters. The predicted octanol–water partition coefficient (Wildman–Crippen LogP) is 0.735. The molecule has 0 aliphatic carbocycles. The highest BCUT2D eigenvalue weighted by Gasteiger charge is 2.30. The van der Waals surface area contributed by atoms with Gasteiger partial charge in [-0.05, 0) is 6.42 Å². The molecule has 0 aromatic rings. The van der Waals surface area contributed by atoms with Crippen molar-refractivity contribution in [3.05, 3.63) is 0 Å². The van der Waals surface area contributed by atoms with Gasteiger partial charge in [-0.1, -0.05) is 20.8 Å². The summed E-state index contributed by atoms with van der Waals surface area (Å²) in [5.74, 6) is 0.0766. The van der Waals surface area contributed by atoms with E-state index in [9.17, 15) is 9.59 Å². The van der Waals surface area contributed by atoms with Crippen molar-refractivity contribution in [3.63, 3.8) is 0 Å². The Labute approximate surface area is 122 Å². The first-order chi connectivity index (χ1) is 8.38. The summed E-state index contributed by atoms with van der Waals surface area (Å²) >= 11 is 0. The van der Waals surface area contributed by atoms with Crippen molar-refractivity contribution < 1.29 is 9.59 Å². The normalized spacial score (nSPS) is 15.7. The molecule has 1 rings (SSSR count). The molecule has 0 aromatic carbocycles. The monoisotopic (exact) mass is 291 g/mol. The average Bonchev–Trinajstić information content (AvgIpc) is 2.38. The van der Waals surface area contributed by atoms with Crippen molar-refractivity contribution in [2.24, 2.45) is 5.41 Å². The van der Waals surface area contributed by atoms with E-state index in [0.717, 1.165) is 32.6 Å². The Balaban J connectivity index is 0.00000324. The van der Waals surface area contributed by atoms with E-state index in [4.69, 9.17) is 0 Å². The molecule has 6 heteroatoms. The third-order valence-corrected chi connectivity index (χ3v) is 3.65. The van der Waals surface area contributed by atoms with Gasteiger partial charge >= 0.3 is 0 Å². The van der Waals surface area contributed by atoms with E-state index >= 15 is 0 Å². The lowest BCUT2D eigenvalue weighted by Crippen LogP contribution is -2.51. The number of halogens is 1. The lowest BCUT2D eigenvalue weighted by molar-refractivity contribution is -0.145. The largest absolute Gasteiger partial charge is 0.339 e. The van der Waals surface area contributed by atoms with E-state index in [1.165, 1.54) is 0 Å². The van der Waals surface area contributed by atoms with Crippen molar-refractivity contribution in [2.45, 2.75) is 27.2 Å². The molecule has 1 fully saturated rings. The number of hydrogen-bond acceptors (Lipinski definition) is 3. The average molecular weight is 292 g/mol. The first kappa shape index (κ1) is 18.2. The van der Waals surface area contributed by atoms with Gasteiger partial charge in [0.25, 0.3) is 0 Å². The summed E-state index contributed by atoms with van der Waals surface area (Å²) in [5.41, 5.74) is -0.390. The molecule has 1 N–H and O–H groups in total. The Bertz CT molecular complexity index is 315. The van der Waals surface area contributed by atoms with Crippen molar-refractivity contribution in [1.82, 2.24) is 15.1 Å². The molecular weight excluding hydrogens is 266 g/mol. The zero-order valence-corrected chi connectivity index (χ0v) is 13.2. The Morgan fingerprint density at radius 3 is 2.26 bits per heavy atom. The number of rotatable bonds is 4. The van der Waals surface area contributed by atoms with Crippen LogP contribution >= 0.6 is 12.4 Å². The lowest BCUT2D eigenvalue weighted by Gasteiger charge is -2.32. The topological polar surface area (TPSA) is 52.7 Å². The van der Waals surface area contributed by atoms with Crippen LogP contribution in [0.5, 0.6) is 0 Å². The summed E-state index contributed by atoms with van der Waals surface area (Å²) in [6.45, 7) is 9.15. The van der Waals surface area contributed by atoms with Gasteiger partial charge in [0.2, 0.25) is 11.8 Å². The quantitative estimate of drug-likeness (QED) is 0.831. The van der Waals surface area contributed by atoms with Gasteiger partial charge in [-0.2, -0.15) is 0 Å². The van der Waals surface area contributed by atoms with Crippen molar-refractivity contribution >= 4 is 24.2 Å². The molecule has 0 unspecified atom stereocenters. The van der Waals surface area contributed by atoms with Crippen molar-refractivity contribution in [2.75, 3.05) is 39.8 Å². The molecule has 0 bridgehead atoms. The van der Waals surface area contributed by atoms with Crippen LogP contribution in [0.4, 0.5) is 0 Å². The minimum Gasteiger partial charge on any atom is -0.339 e. The smallest absolute Gasteiger partial charge is 0.242 e. The summed E-state index contributed by atoms with van der Waals surface area (Å²) in [6, 6.07) is 0. The highest BCUT2D eigenvalue weighted by molar-refractivity contribution is 5.87. The molecule has 2 amide bonds. The first-order valence-corrected chi connectivity index (χ1v) is 6.62. The molecule has 0 aromatic heterocycles. The standard InChI is InChI=1S/C13H25N3O2.ClH/c1-5-13(2,3)12(18)15(4)10-11(17)16-8-6-14-7-9-16;/h14H,5-10H2,1-4H3;1H. The molecule has 1 aliphatic heterocycles. The molecule has 1 saturated heterocycles. The molecule has 1 heterocycles. The van der Waals surface area contributed by atoms with Gasteiger partial charge in [-0.15, -0.1) is 12.4 Å². The van der Waals surface area contributed by atoms with Crippen LogP contribution in [0.1, 0.15) is 27.2 Å². The predicted molar refractivity (Wildman–Crippen MR) is 78.4 cm³/mol. The zero-order chi connectivity index (χ0) is 13.8. The number of nitrogens with zero attached hydrogens (tertiary/aromatic N) is 2. The fraction of sp³-hybridized carbons (Fsp3) is 0.846. The second kappa shape index (κ2) is 7.70. The van der Waals surface area contributed by atoms with Crippen LogP contribution in [0.2, 0.25) is 0 Å². The Morgan fingerprint density at radius 1 is 1.26 bits per heavy atom. The SMILES string of the molecule is CCC(C)(C)C(=O)N(C)CC(=O)N1CCNCC1.Cl. The molecule has 1 aliphatic rings. The Hall–Kier alpha value is -0.810. The fourth-order valence-electron chi connectivity index (χ4n) is 1.96. The number of nitrogens with one attached hydrogen (secondary N) is 1. The van der Waals surface area contributed by atoms with Crippen LogP contribution in [0.3, 0.4) is 0 Å². The Morgan fingerprint density at radius 2 is 1.79 bits per heavy atom. The number of hydrogen-bond donors (Lipinski definition) is 1. The number of carbonyl (C=O) groups is 2. The third-order valence-electron chi connectivity index (χ3n) is 3.65. The second-order valence-corrected chi connectivity index (χ2v) is 5.53. The van der Waals surface area contributed by atoms with E-state index in [0.29, 0.717) is 0 Å². The van der Waals surface area contributed by atoms with E-state index in [-0.39, 0.29) is 30.8 Å². The molecule has 0 saturated carbocycles. The van der Waals surface area contributed by atoms with Gasteiger partial charge in [0.1, 0.15) is 0 Å². The van der Waals surface area contributed by atoms with Gasteiger partial charge in [0.05, 0.1) is 6.54 Å². The van der Waals surface area contributed by atoms with Gasteiger partial charge in [0, 0.05) is 38.6 Å². The molecule has 0 radical (unpaired) electrons. The van der Waals surface area contributed by atoms with E-state index < -0.39 is 5.41 Å². The van der Waals surface area contributed by atoms with Crippen LogP contribution in [0, 0.1) is 5.41 Å². The number of carbonyl (C=O) groups excluding carboxylic acids is 2. The molecule has 5 nitrogen and oxygen atoms in total. The third kappa shape index (κ3) is 4.99. The zero-order valence-electron chi connectivity index (χ0n) is 12.4. The summed E-state index contributed by atoms with van der Waals surface area (Å²) in [7, 11) is 1.71. The van der Waals surface area contributed by atoms with E-state index in [1.807, 2.05) is 25.7 Å². The van der Waals surface area contributed by atoms with E-state index in [2.05, 4.69) is 5.32 Å². The van der Waals surface area contributed by atoms with Crippen LogP contribution in [0.15, 0.2) is 0 Å². The summed E-state index contributed by atoms with van der Waals surface area (Å²) < 4.78 is 0. The summed E-state index contributed by atoms with van der Waals surface area (Å²) in [6.07, 6.45) is 0.776. The highest BCUT2D eigenvalue weighted by Crippen LogP contribution is 2.22. The second-order valence-electron chi connectivity index (χ2n) is 5.53. The first-order valence-electron chi connectivity index (χ1n) is 6.62. The molecular formula is C13H26ClN3O2. The van der Waals surface area contributed by atoms with Gasteiger partial charge in [0.15, 0.2) is 0 Å². The maximum Gasteiger partial charge on any atom is 0.242 e. The number of likely N-dealkylation sites (N-methyl/N-ethyl adjacent to an activating group) is 1. The minimum atomic E-state index is -0.390. The lowest BCUT2D eigenvalue weighted by atomic mass is 9.89. The highest BCUT2D eigenvalue weighted by atomic mass is 35.5.